The molecule has 0 aliphatic carbocycles. The Kier molecular flexibility index (Phi) is 14.3. The van der Waals surface area contributed by atoms with Crippen LogP contribution in [0.25, 0.3) is 0 Å². The van der Waals surface area contributed by atoms with E-state index >= 15 is 9.59 Å². The zero-order valence-electron chi connectivity index (χ0n) is 37.4. The van der Waals surface area contributed by atoms with E-state index in [1.165, 1.54) is 4.90 Å². The Labute approximate surface area is 366 Å². The molecule has 1 amide bonds. The molecule has 3 atom stereocenters. The maximum Gasteiger partial charge on any atom is 0.358 e. The Bertz CT molecular complexity index is 2180. The second kappa shape index (κ2) is 18.4. The molecule has 10 nitrogen and oxygen atoms in total. The third-order valence-electron chi connectivity index (χ3n) is 11.1. The summed E-state index contributed by atoms with van der Waals surface area (Å²) in [6.07, 6.45) is -0.824. The third kappa shape index (κ3) is 10.4. The maximum atomic E-state index is 15.3. The molecule has 4 aromatic rings. The topological polar surface area (TPSA) is 126 Å². The summed E-state index contributed by atoms with van der Waals surface area (Å²) in [5.74, 6) is -3.51. The van der Waals surface area contributed by atoms with Crippen LogP contribution in [0.3, 0.4) is 0 Å². The lowest BCUT2D eigenvalue weighted by atomic mass is 9.80. The average molecular weight is 886 g/mol. The van der Waals surface area contributed by atoms with Gasteiger partial charge in [-0.25, -0.2) is 9.59 Å². The summed E-state index contributed by atoms with van der Waals surface area (Å²) in [5, 5.41) is 2.10. The number of hydrogen-bond acceptors (Lipinski definition) is 10. The molecule has 5 rings (SSSR count). The number of thiophene rings is 1. The van der Waals surface area contributed by atoms with E-state index in [1.807, 2.05) is 97.9 Å². The molecule has 3 aromatic carbocycles. The normalized spacial score (nSPS) is 16.6. The smallest absolute Gasteiger partial charge is 0.358 e. The number of amides is 1. The molecule has 0 radical (unpaired) electrons. The molecule has 0 N–H and O–H groups in total. The molecule has 1 aliphatic heterocycles. The Hall–Kier alpha value is -4.61. The van der Waals surface area contributed by atoms with Gasteiger partial charge in [0, 0.05) is 13.3 Å². The molecular formula is C48H60NO9PSSi. The van der Waals surface area contributed by atoms with Crippen LogP contribution in [-0.4, -0.2) is 72.8 Å². The van der Waals surface area contributed by atoms with Gasteiger partial charge >= 0.3 is 17.9 Å². The van der Waals surface area contributed by atoms with Crippen LogP contribution in [0.4, 0.5) is 0 Å². The Morgan fingerprint density at radius 2 is 1.20 bits per heavy atom. The number of ketones is 1. The van der Waals surface area contributed by atoms with E-state index < -0.39 is 74.9 Å². The quantitative estimate of drug-likeness (QED) is 0.0305. The molecule has 1 saturated heterocycles. The molecule has 0 unspecified atom stereocenters. The van der Waals surface area contributed by atoms with Gasteiger partial charge in [-0.3, -0.25) is 14.4 Å². The van der Waals surface area contributed by atoms with Gasteiger partial charge in [-0.2, -0.15) is 0 Å². The van der Waals surface area contributed by atoms with Crippen LogP contribution in [-0.2, 0) is 33.0 Å². The number of β-lactam (4-membered cyclic amide) rings is 1. The summed E-state index contributed by atoms with van der Waals surface area (Å²) in [5.41, 5.74) is -1.56. The Morgan fingerprint density at radius 3 is 1.64 bits per heavy atom. The fourth-order valence-corrected chi connectivity index (χ4v) is 13.7. The molecular weight excluding hydrogens is 826 g/mol. The molecule has 61 heavy (non-hydrogen) atoms. The van der Waals surface area contributed by atoms with E-state index in [4.69, 9.17) is 18.6 Å². The second-order valence-electron chi connectivity index (χ2n) is 18.9. The lowest BCUT2D eigenvalue weighted by Crippen LogP contribution is -2.69. The van der Waals surface area contributed by atoms with E-state index in [0.717, 1.165) is 27.3 Å². The SMILES string of the molecule is C[C@H](O[Si](C)(C)C(C)(C)C)[C@H]1C(=O)N(C(C(=O)OCOC(=O)C(C)(C)C)=P(c2ccccc2)(c2ccccc2)c2ccccc2)[C@@H]1CC(=O)c1ccc(C(=O)OC(C)(C)C)s1. The van der Waals surface area contributed by atoms with Crippen molar-refractivity contribution in [3.63, 3.8) is 0 Å². The van der Waals surface area contributed by atoms with Crippen molar-refractivity contribution in [1.82, 2.24) is 4.90 Å². The zero-order chi connectivity index (χ0) is 45.1. The molecule has 0 spiro atoms. The van der Waals surface area contributed by atoms with Crippen LogP contribution in [0.2, 0.25) is 18.1 Å². The monoisotopic (exact) mass is 885 g/mol. The van der Waals surface area contributed by atoms with Crippen molar-refractivity contribution in [2.24, 2.45) is 11.3 Å². The number of Topliss-reactive ketones (excluding diaryl/α,β-unsaturated/α-hetero) is 1. The molecule has 13 heteroatoms. The highest BCUT2D eigenvalue weighted by molar-refractivity contribution is 7.96. The number of nitrogens with zero attached hydrogens (tertiary/aromatic N) is 1. The molecule has 1 fully saturated rings. The Morgan fingerprint density at radius 1 is 0.721 bits per heavy atom. The van der Waals surface area contributed by atoms with Crippen molar-refractivity contribution in [3.8, 4) is 0 Å². The number of hydrogen-bond donors (Lipinski definition) is 0. The van der Waals surface area contributed by atoms with E-state index in [-0.39, 0.29) is 27.5 Å². The number of esters is 3. The van der Waals surface area contributed by atoms with Crippen LogP contribution >= 0.6 is 18.2 Å². The molecule has 326 valence electrons. The lowest BCUT2D eigenvalue weighted by Gasteiger charge is -2.52. The largest absolute Gasteiger partial charge is 0.456 e. The van der Waals surface area contributed by atoms with Crippen LogP contribution in [0.5, 0.6) is 0 Å². The second-order valence-corrected chi connectivity index (χ2v) is 28.1. The lowest BCUT2D eigenvalue weighted by molar-refractivity contribution is -0.171. The summed E-state index contributed by atoms with van der Waals surface area (Å²) in [6.45, 7) is 18.8. The molecule has 1 aliphatic rings. The van der Waals surface area contributed by atoms with Crippen molar-refractivity contribution in [2.75, 3.05) is 6.79 Å². The van der Waals surface area contributed by atoms with Crippen molar-refractivity contribution in [3.05, 3.63) is 113 Å². The molecule has 1 aromatic heterocycles. The van der Waals surface area contributed by atoms with E-state index in [0.29, 0.717) is 4.88 Å². The van der Waals surface area contributed by atoms with Gasteiger partial charge < -0.3 is 23.5 Å². The number of carbonyl (C=O) groups excluding carboxylic acids is 5. The summed E-state index contributed by atoms with van der Waals surface area (Å²) in [7, 11) is -2.46. The van der Waals surface area contributed by atoms with Crippen LogP contribution in [0, 0.1) is 11.3 Å². The maximum absolute atomic E-state index is 15.3. The standard InChI is InChI=1S/C48H60NO9PSSi/c1-32(58-61(11,12)48(8,9)10)40-36(30-37(50)38-28-29-39(60-38)43(52)57-47(5,6)7)49(41(40)51)42(44(53)55-31-56-45(54)46(2,3)4)59(33-22-16-13-17-23-33,34-24-18-14-19-25-34)35-26-20-15-21-27-35/h13-29,32,36,40H,30-31H2,1-12H3/t32-,36+,40+/m0/s1. The number of benzene rings is 3. The number of carbonyl (C=O) groups is 5. The zero-order valence-corrected chi connectivity index (χ0v) is 40.1. The minimum absolute atomic E-state index is 0.0436. The molecule has 0 saturated carbocycles. The first-order valence-corrected chi connectivity index (χ1v) is 26.1. The minimum Gasteiger partial charge on any atom is -0.456 e. The van der Waals surface area contributed by atoms with Crippen molar-refractivity contribution >= 4 is 77.5 Å². The fourth-order valence-electron chi connectivity index (χ4n) is 7.07. The number of ether oxygens (including phenoxy) is 3. The van der Waals surface area contributed by atoms with E-state index in [9.17, 15) is 14.4 Å². The van der Waals surface area contributed by atoms with E-state index in [1.54, 1.807) is 53.7 Å². The van der Waals surface area contributed by atoms with Gasteiger partial charge in [-0.05, 0) is 94.6 Å². The summed E-state index contributed by atoms with van der Waals surface area (Å²) in [4.78, 5) is 73.1. The van der Waals surface area contributed by atoms with Gasteiger partial charge in [0.1, 0.15) is 15.9 Å². The van der Waals surface area contributed by atoms with Gasteiger partial charge in [0.2, 0.25) is 12.7 Å². The highest BCUT2D eigenvalue weighted by atomic mass is 32.1. The van der Waals surface area contributed by atoms with Crippen molar-refractivity contribution < 1.29 is 42.6 Å². The van der Waals surface area contributed by atoms with Crippen LogP contribution < -0.4 is 15.9 Å². The minimum atomic E-state index is -3.38. The highest BCUT2D eigenvalue weighted by Gasteiger charge is 2.57. The van der Waals surface area contributed by atoms with Crippen molar-refractivity contribution in [2.45, 2.75) is 112 Å². The van der Waals surface area contributed by atoms with Gasteiger partial charge in [-0.1, -0.05) is 112 Å². The molecule has 2 heterocycles. The van der Waals surface area contributed by atoms with Crippen molar-refractivity contribution in [1.29, 1.82) is 0 Å². The van der Waals surface area contributed by atoms with Gasteiger partial charge in [0.05, 0.1) is 28.4 Å². The first-order valence-electron chi connectivity index (χ1n) is 20.5. The van der Waals surface area contributed by atoms with Crippen LogP contribution in [0.15, 0.2) is 103 Å². The fraction of sp³-hybridized carbons (Fsp3) is 0.417. The van der Waals surface area contributed by atoms with Gasteiger partial charge in [0.25, 0.3) is 0 Å². The first kappa shape index (κ1) is 47.4. The van der Waals surface area contributed by atoms with Crippen LogP contribution in [0.1, 0.15) is 95.0 Å². The molecule has 0 bridgehead atoms. The predicted octanol–water partition coefficient (Wildman–Crippen LogP) is 8.73. The summed E-state index contributed by atoms with van der Waals surface area (Å²) in [6, 6.07) is 30.9. The average Bonchev–Trinajstić information content (AvgIpc) is 3.68. The first-order chi connectivity index (χ1) is 28.4. The highest BCUT2D eigenvalue weighted by Crippen LogP contribution is 2.51. The van der Waals surface area contributed by atoms with Gasteiger partial charge in [0.15, 0.2) is 14.1 Å². The summed E-state index contributed by atoms with van der Waals surface area (Å²) >= 11 is 1.03. The summed E-state index contributed by atoms with van der Waals surface area (Å²) < 4.78 is 23.9. The van der Waals surface area contributed by atoms with Gasteiger partial charge in [-0.15, -0.1) is 11.3 Å². The van der Waals surface area contributed by atoms with E-state index in [2.05, 4.69) is 33.9 Å². The number of rotatable bonds is 14. The third-order valence-corrected chi connectivity index (χ3v) is 21.0. The Balaban J connectivity index is 1.78. The predicted molar refractivity (Wildman–Crippen MR) is 247 cm³/mol. The number of likely N-dealkylation sites (tertiary alicyclic amines) is 1.